The molecular weight excluding hydrogens is 1780 g/mol. The molecule has 0 spiro atoms. The number of hydrogen-bond donors (Lipinski definition) is 0. The Morgan fingerprint density at radius 3 is 0.531 bits per heavy atom. The van der Waals surface area contributed by atoms with Crippen molar-refractivity contribution in [3.05, 3.63) is 370 Å². The molecule has 14 aromatic rings. The molecule has 6 aliphatic carbocycles. The second kappa shape index (κ2) is 41.1. The van der Waals surface area contributed by atoms with Gasteiger partial charge in [0.2, 0.25) is 0 Å². The van der Waals surface area contributed by atoms with Crippen LogP contribution < -0.4 is 8.79 Å². The van der Waals surface area contributed by atoms with Gasteiger partial charge in [0, 0.05) is 0 Å². The first-order valence-corrected chi connectivity index (χ1v) is 61.2. The van der Waals surface area contributed by atoms with E-state index in [-0.39, 0.29) is 21.7 Å². The van der Waals surface area contributed by atoms with Gasteiger partial charge >= 0.3 is 714 Å². The first kappa shape index (κ1) is 99.9. The van der Waals surface area contributed by atoms with Gasteiger partial charge in [-0.25, -0.2) is 0 Å². The zero-order valence-electron chi connectivity index (χ0n) is 90.4. The number of rotatable bonds is 42. The minimum absolute atomic E-state index is 0.0506. The van der Waals surface area contributed by atoms with E-state index in [2.05, 4.69) is 428 Å². The van der Waals surface area contributed by atoms with Gasteiger partial charge in [0.05, 0.1) is 0 Å². The van der Waals surface area contributed by atoms with E-state index in [1.165, 1.54) is 296 Å². The van der Waals surface area contributed by atoms with Crippen LogP contribution in [0.3, 0.4) is 0 Å². The standard InChI is InChI=1S/C142H164Ge/c1-19-141(133-91-107(103-67-75-129-121(87-103)113-55-27-31-59-125(113)137(129,79-35-43-95(3)4)80-36-44-96(5)6)63-71-117(133)118-72-64-108(92-134(118)141)104-68-76-130-122(88-104)114-56-28-32-60-126(114)138(130,81-37-45-97(7)8)82-38-46-98(9)10)143(111-51-23-21-24-52-111,112-53-25-22-26-54-112)142(20-2)135-93-109(105-69-77-131-123(89-105)115-57-29-33-61-127(115)139(131,83-39-47-99(11)12)84-40-48-100(13)14)65-73-119(135)120-74-66-110(94-136(120)142)106-70-78-132-124(90-106)116-58-30-34-62-128(116)140(132,85-41-49-101(15)16)86-42-50-102(17)18/h21-34,51-78,87-102H,19-20,35-50,79-86H2,1-18H3. The Hall–Kier alpha value is -10.4. The molecule has 0 aliphatic heterocycles. The van der Waals surface area contributed by atoms with Crippen LogP contribution in [0, 0.1) is 47.3 Å². The van der Waals surface area contributed by atoms with Crippen molar-refractivity contribution in [1.82, 2.24) is 0 Å². The topological polar surface area (TPSA) is 0 Å². The molecule has 0 saturated carbocycles. The van der Waals surface area contributed by atoms with Gasteiger partial charge in [-0.15, -0.1) is 0 Å². The van der Waals surface area contributed by atoms with E-state index in [0.29, 0.717) is 47.3 Å². The van der Waals surface area contributed by atoms with Crippen molar-refractivity contribution in [1.29, 1.82) is 0 Å². The van der Waals surface area contributed by atoms with Crippen molar-refractivity contribution in [3.8, 4) is 111 Å². The molecule has 1 heteroatoms. The average Bonchev–Trinajstić information content (AvgIpc) is 1.49. The molecule has 0 aromatic heterocycles. The zero-order chi connectivity index (χ0) is 99.5. The van der Waals surface area contributed by atoms with Gasteiger partial charge in [-0.1, -0.05) is 111 Å². The summed E-state index contributed by atoms with van der Waals surface area (Å²) in [7, 11) is 0. The molecular formula is C142H164Ge. The molecule has 736 valence electrons. The van der Waals surface area contributed by atoms with E-state index >= 15 is 0 Å². The van der Waals surface area contributed by atoms with Crippen LogP contribution in [0.5, 0.6) is 0 Å². The first-order valence-electron chi connectivity index (χ1n) is 57.0. The third kappa shape index (κ3) is 17.3. The molecule has 6 aliphatic rings. The van der Waals surface area contributed by atoms with Gasteiger partial charge in [-0.2, -0.15) is 0 Å². The van der Waals surface area contributed by atoms with Crippen LogP contribution in [0.2, 0.25) is 0 Å². The fourth-order valence-electron chi connectivity index (χ4n) is 30.3. The number of benzene rings is 14. The molecule has 0 amide bonds. The van der Waals surface area contributed by atoms with Gasteiger partial charge in [0.15, 0.2) is 0 Å². The Bertz CT molecular complexity index is 6090. The molecule has 0 radical (unpaired) electrons. The summed E-state index contributed by atoms with van der Waals surface area (Å²) in [6.45, 7) is 44.1. The quantitative estimate of drug-likeness (QED) is 0.0335. The third-order valence-electron chi connectivity index (χ3n) is 36.7. The summed E-state index contributed by atoms with van der Waals surface area (Å²) in [5, 5.41) is 0. The van der Waals surface area contributed by atoms with Crippen molar-refractivity contribution in [2.24, 2.45) is 47.3 Å². The SMILES string of the molecule is CC[C]1([Ge]([c]2ccccc2)([c]2ccccc2)[C]2(CC)c3cc(-c4ccc5c(c4)-c4ccccc4C5(CCCC(C)C)CCCC(C)C)ccc3-c3ccc(-c4ccc5c(c4)-c4ccccc4C5(CCCC(C)C)CCCC(C)C)cc32)c2cc(-c3ccc4c(c3)-c3ccccc3C4(CCCC(C)C)CCCC(C)C)ccc2-c2ccc(-c3ccc4c(c3)-c3ccccc3C4(CCCC(C)C)CCCC(C)C)cc21. The molecule has 20 rings (SSSR count). The van der Waals surface area contributed by atoms with Crippen LogP contribution in [-0.2, 0) is 30.2 Å². The van der Waals surface area contributed by atoms with E-state index < -0.39 is 21.8 Å². The van der Waals surface area contributed by atoms with Crippen LogP contribution in [-0.4, -0.2) is 13.3 Å². The van der Waals surface area contributed by atoms with Crippen LogP contribution in [0.4, 0.5) is 0 Å². The van der Waals surface area contributed by atoms with Crippen LogP contribution in [0.25, 0.3) is 111 Å². The van der Waals surface area contributed by atoms with Crippen LogP contribution >= 0.6 is 0 Å². The fraction of sp³-hybridized carbons (Fsp3) is 0.408. The molecule has 14 aromatic carbocycles. The summed E-state index contributed by atoms with van der Waals surface area (Å²) in [4.78, 5) is 0. The Labute approximate surface area is 865 Å². The van der Waals surface area contributed by atoms with Crippen molar-refractivity contribution in [3.63, 3.8) is 0 Å². The average molecular weight is 1940 g/mol. The van der Waals surface area contributed by atoms with E-state index in [4.69, 9.17) is 0 Å². The molecule has 0 saturated heterocycles. The Kier molecular flexibility index (Phi) is 28.8. The van der Waals surface area contributed by atoms with Gasteiger partial charge in [0.25, 0.3) is 0 Å². The monoisotopic (exact) mass is 1940 g/mol. The summed E-state index contributed by atoms with van der Waals surface area (Å²) >= 11 is -5.05. The summed E-state index contributed by atoms with van der Waals surface area (Å²) in [5.41, 5.74) is 45.6. The van der Waals surface area contributed by atoms with E-state index in [1.54, 1.807) is 44.5 Å². The minimum atomic E-state index is -5.05. The zero-order valence-corrected chi connectivity index (χ0v) is 92.5. The molecule has 0 fully saturated rings. The molecule has 0 nitrogen and oxygen atoms in total. The van der Waals surface area contributed by atoms with Gasteiger partial charge in [-0.3, -0.25) is 0 Å². The molecule has 0 unspecified atom stereocenters. The van der Waals surface area contributed by atoms with Crippen molar-refractivity contribution < 1.29 is 0 Å². The van der Waals surface area contributed by atoms with Crippen molar-refractivity contribution >= 4 is 22.1 Å². The maximum absolute atomic E-state index is 5.05. The predicted octanol–water partition coefficient (Wildman–Crippen LogP) is 39.4. The summed E-state index contributed by atoms with van der Waals surface area (Å²) in [6, 6.07) is 128. The molecule has 143 heavy (non-hydrogen) atoms. The predicted molar refractivity (Wildman–Crippen MR) is 620 cm³/mol. The fourth-order valence-corrected chi connectivity index (χ4v) is 46.9. The number of fused-ring (bicyclic) bond motifs is 18. The third-order valence-corrected chi connectivity index (χ3v) is 50.9. The van der Waals surface area contributed by atoms with E-state index in [9.17, 15) is 0 Å². The van der Waals surface area contributed by atoms with Crippen LogP contribution in [0.1, 0.15) is 358 Å². The van der Waals surface area contributed by atoms with Gasteiger partial charge in [-0.05, 0) is 47.3 Å². The summed E-state index contributed by atoms with van der Waals surface area (Å²) in [5.74, 6) is 5.23. The molecule has 0 atom stereocenters. The second-order valence-corrected chi connectivity index (χ2v) is 58.0. The summed E-state index contributed by atoms with van der Waals surface area (Å²) < 4.78 is 1.78. The maximum atomic E-state index is 2.84. The van der Waals surface area contributed by atoms with Crippen LogP contribution in [0.15, 0.2) is 303 Å². The van der Waals surface area contributed by atoms with E-state index in [1.807, 2.05) is 0 Å². The normalized spacial score (nSPS) is 15.5. The Balaban J connectivity index is 0.869. The Morgan fingerprint density at radius 2 is 0.336 bits per heavy atom. The van der Waals surface area contributed by atoms with Crippen molar-refractivity contribution in [2.75, 3.05) is 0 Å². The van der Waals surface area contributed by atoms with Gasteiger partial charge < -0.3 is 0 Å². The van der Waals surface area contributed by atoms with Gasteiger partial charge in [0.1, 0.15) is 0 Å². The molecule has 0 bridgehead atoms. The molecule has 0 N–H and O–H groups in total. The second-order valence-electron chi connectivity index (χ2n) is 48.9. The summed E-state index contributed by atoms with van der Waals surface area (Å²) in [6.07, 6.45) is 30.7. The number of hydrogen-bond acceptors (Lipinski definition) is 0. The Morgan fingerprint density at radius 1 is 0.168 bits per heavy atom. The first-order chi connectivity index (χ1) is 69.3. The van der Waals surface area contributed by atoms with Crippen molar-refractivity contribution in [2.45, 2.75) is 322 Å². The van der Waals surface area contributed by atoms with E-state index in [0.717, 1.165) is 12.8 Å². The molecule has 0 heterocycles.